The Kier molecular flexibility index (Phi) is 3.56. The molecule has 16 heavy (non-hydrogen) atoms. The van der Waals surface area contributed by atoms with Crippen molar-refractivity contribution in [2.45, 2.75) is 13.5 Å². The van der Waals surface area contributed by atoms with Gasteiger partial charge in [0.15, 0.2) is 0 Å². The summed E-state index contributed by atoms with van der Waals surface area (Å²) in [5.74, 6) is 0.182. The van der Waals surface area contributed by atoms with Crippen LogP contribution in [0.5, 0.6) is 5.75 Å². The number of rotatable bonds is 3. The molecule has 0 unspecified atom stereocenters. The van der Waals surface area contributed by atoms with Gasteiger partial charge in [0, 0.05) is 17.1 Å². The molecule has 0 bridgehead atoms. The topological polar surface area (TPSA) is 22.1 Å². The number of aryl methyl sites for hydroxylation is 1. The summed E-state index contributed by atoms with van der Waals surface area (Å²) < 4.78 is 19.0. The Morgan fingerprint density at radius 1 is 1.50 bits per heavy atom. The van der Waals surface area contributed by atoms with E-state index < -0.39 is 0 Å². The summed E-state index contributed by atoms with van der Waals surface area (Å²) in [7, 11) is 0. The molecule has 0 aliphatic carbocycles. The second-order valence-electron chi connectivity index (χ2n) is 3.25. The van der Waals surface area contributed by atoms with Crippen LogP contribution in [0.1, 0.15) is 10.7 Å². The quantitative estimate of drug-likeness (QED) is 0.857. The molecule has 2 rings (SSSR count). The highest BCUT2D eigenvalue weighted by molar-refractivity contribution is 9.10. The van der Waals surface area contributed by atoms with Crippen molar-refractivity contribution in [2.75, 3.05) is 0 Å². The summed E-state index contributed by atoms with van der Waals surface area (Å²) in [4.78, 5) is 4.26. The Morgan fingerprint density at radius 2 is 2.31 bits per heavy atom. The molecule has 5 heteroatoms. The minimum absolute atomic E-state index is 0.326. The predicted molar refractivity (Wildman–Crippen MR) is 65.3 cm³/mol. The first-order chi connectivity index (χ1) is 7.65. The average molecular weight is 302 g/mol. The zero-order valence-corrected chi connectivity index (χ0v) is 10.9. The summed E-state index contributed by atoms with van der Waals surface area (Å²) in [6, 6.07) is 4.69. The van der Waals surface area contributed by atoms with Crippen molar-refractivity contribution < 1.29 is 9.13 Å². The Labute approximate surface area is 105 Å². The van der Waals surface area contributed by atoms with E-state index in [2.05, 4.69) is 20.9 Å². The van der Waals surface area contributed by atoms with Gasteiger partial charge < -0.3 is 4.74 Å². The summed E-state index contributed by atoms with van der Waals surface area (Å²) in [5, 5.41) is 2.85. The van der Waals surface area contributed by atoms with Crippen LogP contribution in [-0.4, -0.2) is 4.98 Å². The lowest BCUT2D eigenvalue weighted by Crippen LogP contribution is -1.95. The summed E-state index contributed by atoms with van der Waals surface area (Å²) in [6.07, 6.45) is 0. The Balaban J connectivity index is 2.02. The highest BCUT2D eigenvalue weighted by atomic mass is 79.9. The maximum Gasteiger partial charge on any atom is 0.141 e. The molecule has 0 N–H and O–H groups in total. The highest BCUT2D eigenvalue weighted by Crippen LogP contribution is 2.22. The number of ether oxygens (including phenoxy) is 1. The second kappa shape index (κ2) is 4.93. The monoisotopic (exact) mass is 301 g/mol. The van der Waals surface area contributed by atoms with Gasteiger partial charge in [-0.25, -0.2) is 9.37 Å². The molecule has 0 amide bonds. The van der Waals surface area contributed by atoms with Gasteiger partial charge in [0.2, 0.25) is 0 Å². The number of hydrogen-bond acceptors (Lipinski definition) is 3. The molecule has 2 aromatic rings. The first-order valence-corrected chi connectivity index (χ1v) is 6.31. The Hall–Kier alpha value is -0.940. The van der Waals surface area contributed by atoms with Crippen LogP contribution in [0, 0.1) is 12.7 Å². The lowest BCUT2D eigenvalue weighted by atomic mass is 10.3. The van der Waals surface area contributed by atoms with Crippen LogP contribution in [0.15, 0.2) is 28.1 Å². The van der Waals surface area contributed by atoms with Crippen molar-refractivity contribution in [3.63, 3.8) is 0 Å². The molecule has 84 valence electrons. The van der Waals surface area contributed by atoms with Crippen LogP contribution >= 0.6 is 27.3 Å². The lowest BCUT2D eigenvalue weighted by Gasteiger charge is -2.04. The molecule has 0 saturated carbocycles. The van der Waals surface area contributed by atoms with E-state index in [1.807, 2.05) is 12.3 Å². The minimum atomic E-state index is -0.326. The van der Waals surface area contributed by atoms with Gasteiger partial charge in [-0.1, -0.05) is 0 Å². The van der Waals surface area contributed by atoms with Crippen molar-refractivity contribution in [3.8, 4) is 5.75 Å². The van der Waals surface area contributed by atoms with E-state index >= 15 is 0 Å². The van der Waals surface area contributed by atoms with E-state index in [1.54, 1.807) is 12.1 Å². The van der Waals surface area contributed by atoms with Crippen molar-refractivity contribution >= 4 is 27.3 Å². The van der Waals surface area contributed by atoms with E-state index in [0.717, 1.165) is 10.7 Å². The van der Waals surface area contributed by atoms with Crippen LogP contribution < -0.4 is 4.74 Å². The third-order valence-corrected chi connectivity index (χ3v) is 3.50. The first-order valence-electron chi connectivity index (χ1n) is 4.64. The molecular formula is C11H9BrFNOS. The van der Waals surface area contributed by atoms with Gasteiger partial charge in [0.1, 0.15) is 23.2 Å². The maximum atomic E-state index is 13.2. The van der Waals surface area contributed by atoms with E-state index in [4.69, 9.17) is 4.74 Å². The first kappa shape index (κ1) is 11.5. The summed E-state index contributed by atoms with van der Waals surface area (Å²) in [6.45, 7) is 2.30. The standard InChI is InChI=1S/C11H9BrFNOS/c1-7-6-16-11(14-7)5-15-8-2-3-9(12)10(13)4-8/h2-4,6H,5H2,1H3. The zero-order chi connectivity index (χ0) is 11.5. The third-order valence-electron chi connectivity index (χ3n) is 1.92. The molecule has 0 spiro atoms. The number of halogens is 2. The fourth-order valence-electron chi connectivity index (χ4n) is 1.18. The SMILES string of the molecule is Cc1csc(COc2ccc(Br)c(F)c2)n1. The van der Waals surface area contributed by atoms with Crippen LogP contribution in [0.3, 0.4) is 0 Å². The number of nitrogens with zero attached hydrogens (tertiary/aromatic N) is 1. The van der Waals surface area contributed by atoms with Gasteiger partial charge in [-0.2, -0.15) is 0 Å². The largest absolute Gasteiger partial charge is 0.486 e. The average Bonchev–Trinajstić information content (AvgIpc) is 2.66. The van der Waals surface area contributed by atoms with Gasteiger partial charge in [-0.3, -0.25) is 0 Å². The van der Waals surface area contributed by atoms with Crippen molar-refractivity contribution in [1.82, 2.24) is 4.98 Å². The van der Waals surface area contributed by atoms with Crippen molar-refractivity contribution in [3.05, 3.63) is 44.6 Å². The Morgan fingerprint density at radius 3 is 2.94 bits per heavy atom. The molecule has 0 saturated heterocycles. The molecule has 1 heterocycles. The zero-order valence-electron chi connectivity index (χ0n) is 8.54. The maximum absolute atomic E-state index is 13.2. The number of thiazole rings is 1. The predicted octanol–water partition coefficient (Wildman–Crippen LogP) is 3.93. The molecule has 1 aromatic heterocycles. The van der Waals surface area contributed by atoms with E-state index in [1.165, 1.54) is 17.4 Å². The molecule has 0 aliphatic heterocycles. The molecule has 1 aromatic carbocycles. The molecular weight excluding hydrogens is 293 g/mol. The molecule has 0 atom stereocenters. The molecule has 0 aliphatic rings. The van der Waals surface area contributed by atoms with Crippen LogP contribution in [-0.2, 0) is 6.61 Å². The van der Waals surface area contributed by atoms with Gasteiger partial charge in [0.05, 0.1) is 4.47 Å². The van der Waals surface area contributed by atoms with Crippen LogP contribution in [0.25, 0.3) is 0 Å². The Bertz CT molecular complexity index is 500. The van der Waals surface area contributed by atoms with E-state index in [-0.39, 0.29) is 5.82 Å². The molecule has 0 radical (unpaired) electrons. The summed E-state index contributed by atoms with van der Waals surface area (Å²) >= 11 is 4.62. The number of hydrogen-bond donors (Lipinski definition) is 0. The van der Waals surface area contributed by atoms with Crippen molar-refractivity contribution in [1.29, 1.82) is 0 Å². The third kappa shape index (κ3) is 2.80. The molecule has 0 fully saturated rings. The van der Waals surface area contributed by atoms with Gasteiger partial charge in [0.25, 0.3) is 0 Å². The smallest absolute Gasteiger partial charge is 0.141 e. The normalized spacial score (nSPS) is 10.4. The van der Waals surface area contributed by atoms with Gasteiger partial charge >= 0.3 is 0 Å². The van der Waals surface area contributed by atoms with Crippen molar-refractivity contribution in [2.24, 2.45) is 0 Å². The lowest BCUT2D eigenvalue weighted by molar-refractivity contribution is 0.303. The van der Waals surface area contributed by atoms with Gasteiger partial charge in [-0.15, -0.1) is 11.3 Å². The van der Waals surface area contributed by atoms with Gasteiger partial charge in [-0.05, 0) is 35.0 Å². The van der Waals surface area contributed by atoms with E-state index in [0.29, 0.717) is 16.8 Å². The van der Waals surface area contributed by atoms with E-state index in [9.17, 15) is 4.39 Å². The second-order valence-corrected chi connectivity index (χ2v) is 5.04. The summed E-state index contributed by atoms with van der Waals surface area (Å²) in [5.41, 5.74) is 0.977. The fourth-order valence-corrected chi connectivity index (χ4v) is 2.11. The highest BCUT2D eigenvalue weighted by Gasteiger charge is 2.03. The van der Waals surface area contributed by atoms with Crippen LogP contribution in [0.4, 0.5) is 4.39 Å². The number of benzene rings is 1. The fraction of sp³-hybridized carbons (Fsp3) is 0.182. The molecule has 2 nitrogen and oxygen atoms in total. The minimum Gasteiger partial charge on any atom is -0.486 e. The van der Waals surface area contributed by atoms with Crippen LogP contribution in [0.2, 0.25) is 0 Å². The number of aromatic nitrogens is 1.